The maximum atomic E-state index is 4.23. The molecule has 0 bridgehead atoms. The lowest BCUT2D eigenvalue weighted by Crippen LogP contribution is -2.22. The monoisotopic (exact) mass is 250 g/mol. The van der Waals surface area contributed by atoms with E-state index >= 15 is 0 Å². The first-order valence-corrected chi connectivity index (χ1v) is 7.01. The minimum Gasteiger partial charge on any atom is -0.317 e. The van der Waals surface area contributed by atoms with Crippen molar-refractivity contribution in [2.45, 2.75) is 46.6 Å². The van der Waals surface area contributed by atoms with E-state index in [1.54, 1.807) is 0 Å². The number of hydrogen-bond acceptors (Lipinski definition) is 4. The summed E-state index contributed by atoms with van der Waals surface area (Å²) in [4.78, 5) is 0. The van der Waals surface area contributed by atoms with E-state index < -0.39 is 0 Å². The van der Waals surface area contributed by atoms with E-state index in [0.29, 0.717) is 0 Å². The normalized spacial score (nSPS) is 10.8. The Kier molecular flexibility index (Phi) is 7.53. The van der Waals surface area contributed by atoms with Gasteiger partial charge in [0.1, 0.15) is 0 Å². The van der Waals surface area contributed by atoms with Crippen molar-refractivity contribution in [1.29, 1.82) is 0 Å². The van der Waals surface area contributed by atoms with Crippen molar-refractivity contribution in [1.82, 2.24) is 20.8 Å². The van der Waals surface area contributed by atoms with Crippen LogP contribution in [0.4, 0.5) is 0 Å². The fourth-order valence-corrected chi connectivity index (χ4v) is 1.88. The van der Waals surface area contributed by atoms with Crippen LogP contribution in [0.15, 0.2) is 6.07 Å². The second-order valence-electron chi connectivity index (χ2n) is 4.59. The summed E-state index contributed by atoms with van der Waals surface area (Å²) in [5, 5.41) is 15.2. The Labute approximate surface area is 111 Å². The lowest BCUT2D eigenvalue weighted by Gasteiger charge is -2.09. The van der Waals surface area contributed by atoms with Crippen LogP contribution in [-0.4, -0.2) is 29.8 Å². The van der Waals surface area contributed by atoms with Gasteiger partial charge in [-0.2, -0.15) is 10.2 Å². The van der Waals surface area contributed by atoms with Crippen molar-refractivity contribution in [2.75, 3.05) is 19.6 Å². The zero-order valence-electron chi connectivity index (χ0n) is 11.9. The number of aryl methyl sites for hydroxylation is 2. The zero-order chi connectivity index (χ0) is 13.2. The Morgan fingerprint density at radius 1 is 1.06 bits per heavy atom. The van der Waals surface area contributed by atoms with Gasteiger partial charge in [-0.25, -0.2) is 0 Å². The molecule has 0 atom stereocenters. The minimum absolute atomic E-state index is 0.896. The van der Waals surface area contributed by atoms with Crippen LogP contribution in [-0.2, 0) is 13.0 Å². The molecule has 0 aromatic carbocycles. The van der Waals surface area contributed by atoms with E-state index in [9.17, 15) is 0 Å². The zero-order valence-corrected chi connectivity index (χ0v) is 11.9. The van der Waals surface area contributed by atoms with Gasteiger partial charge in [-0.3, -0.25) is 0 Å². The summed E-state index contributed by atoms with van der Waals surface area (Å²) in [5.41, 5.74) is 3.39. The van der Waals surface area contributed by atoms with Crippen molar-refractivity contribution in [3.63, 3.8) is 0 Å². The standard InChI is InChI=1S/C14H26N4/c1-4-7-15-8-6-9-16-11-13-10-12(3)17-18-14(13)5-2/h10,15-16H,4-9,11H2,1-3H3. The highest BCUT2D eigenvalue weighted by Gasteiger charge is 2.03. The van der Waals surface area contributed by atoms with Gasteiger partial charge in [0.25, 0.3) is 0 Å². The molecule has 0 amide bonds. The predicted octanol–water partition coefficient (Wildman–Crippen LogP) is 1.83. The number of hydrogen-bond donors (Lipinski definition) is 2. The molecule has 2 N–H and O–H groups in total. The van der Waals surface area contributed by atoms with Crippen LogP contribution in [0.1, 0.15) is 43.6 Å². The highest BCUT2D eigenvalue weighted by molar-refractivity contribution is 5.20. The second kappa shape index (κ2) is 9.00. The van der Waals surface area contributed by atoms with Gasteiger partial charge < -0.3 is 10.6 Å². The number of aromatic nitrogens is 2. The summed E-state index contributed by atoms with van der Waals surface area (Å²) in [7, 11) is 0. The molecule has 0 saturated carbocycles. The van der Waals surface area contributed by atoms with E-state index in [0.717, 1.165) is 44.0 Å². The van der Waals surface area contributed by atoms with E-state index in [1.165, 1.54) is 18.4 Å². The average Bonchev–Trinajstić information content (AvgIpc) is 2.38. The third kappa shape index (κ3) is 5.56. The Bertz CT molecular complexity index is 339. The van der Waals surface area contributed by atoms with Gasteiger partial charge in [0, 0.05) is 6.54 Å². The number of nitrogens with one attached hydrogen (secondary N) is 2. The van der Waals surface area contributed by atoms with Gasteiger partial charge in [0.2, 0.25) is 0 Å². The molecule has 4 heteroatoms. The lowest BCUT2D eigenvalue weighted by atomic mass is 10.1. The van der Waals surface area contributed by atoms with Crippen molar-refractivity contribution in [3.05, 3.63) is 23.0 Å². The first-order valence-electron chi connectivity index (χ1n) is 7.01. The Balaban J connectivity index is 2.24. The minimum atomic E-state index is 0.896. The van der Waals surface area contributed by atoms with E-state index in [-0.39, 0.29) is 0 Å². The van der Waals surface area contributed by atoms with Gasteiger partial charge in [0.05, 0.1) is 11.4 Å². The maximum absolute atomic E-state index is 4.23. The molecule has 0 fully saturated rings. The average molecular weight is 250 g/mol. The van der Waals surface area contributed by atoms with E-state index in [1.807, 2.05) is 6.92 Å². The first kappa shape index (κ1) is 15.1. The van der Waals surface area contributed by atoms with Crippen LogP contribution in [0.3, 0.4) is 0 Å². The van der Waals surface area contributed by atoms with Gasteiger partial charge in [-0.15, -0.1) is 0 Å². The largest absolute Gasteiger partial charge is 0.317 e. The molecule has 0 spiro atoms. The highest BCUT2D eigenvalue weighted by Crippen LogP contribution is 2.06. The van der Waals surface area contributed by atoms with Crippen LogP contribution in [0.25, 0.3) is 0 Å². The Morgan fingerprint density at radius 2 is 1.83 bits per heavy atom. The molecule has 0 radical (unpaired) electrons. The molecule has 0 aliphatic carbocycles. The van der Waals surface area contributed by atoms with Crippen molar-refractivity contribution in [3.8, 4) is 0 Å². The molecule has 0 aliphatic rings. The summed E-state index contributed by atoms with van der Waals surface area (Å²) in [6.45, 7) is 10.5. The molecule has 0 unspecified atom stereocenters. The molecule has 0 aliphatic heterocycles. The summed E-state index contributed by atoms with van der Waals surface area (Å²) >= 11 is 0. The van der Waals surface area contributed by atoms with Gasteiger partial charge in [-0.1, -0.05) is 13.8 Å². The van der Waals surface area contributed by atoms with Gasteiger partial charge in [0.15, 0.2) is 0 Å². The Hall–Kier alpha value is -1.00. The SMILES string of the molecule is CCCNCCCNCc1cc(C)nnc1CC. The molecule has 4 nitrogen and oxygen atoms in total. The first-order chi connectivity index (χ1) is 8.77. The molecule has 1 rings (SSSR count). The maximum Gasteiger partial charge on any atom is 0.0673 e. The quantitative estimate of drug-likeness (QED) is 0.657. The molecule has 1 heterocycles. The van der Waals surface area contributed by atoms with Crippen LogP contribution in [0.2, 0.25) is 0 Å². The van der Waals surface area contributed by atoms with Gasteiger partial charge >= 0.3 is 0 Å². The fraction of sp³-hybridized carbons (Fsp3) is 0.714. The van der Waals surface area contributed by atoms with Crippen molar-refractivity contribution in [2.24, 2.45) is 0 Å². The topological polar surface area (TPSA) is 49.8 Å². The fourth-order valence-electron chi connectivity index (χ4n) is 1.88. The molecular weight excluding hydrogens is 224 g/mol. The Morgan fingerprint density at radius 3 is 2.56 bits per heavy atom. The van der Waals surface area contributed by atoms with E-state index in [4.69, 9.17) is 0 Å². The predicted molar refractivity (Wildman–Crippen MR) is 75.6 cm³/mol. The summed E-state index contributed by atoms with van der Waals surface area (Å²) in [6, 6.07) is 2.13. The van der Waals surface area contributed by atoms with Gasteiger partial charge in [-0.05, 0) is 57.5 Å². The summed E-state index contributed by atoms with van der Waals surface area (Å²) in [5.74, 6) is 0. The van der Waals surface area contributed by atoms with Crippen LogP contribution >= 0.6 is 0 Å². The molecule has 1 aromatic rings. The number of rotatable bonds is 9. The molecular formula is C14H26N4. The van der Waals surface area contributed by atoms with Crippen molar-refractivity contribution < 1.29 is 0 Å². The number of nitrogens with zero attached hydrogens (tertiary/aromatic N) is 2. The second-order valence-corrected chi connectivity index (χ2v) is 4.59. The smallest absolute Gasteiger partial charge is 0.0673 e. The molecule has 0 saturated heterocycles. The summed E-state index contributed by atoms with van der Waals surface area (Å²) < 4.78 is 0. The van der Waals surface area contributed by atoms with Crippen LogP contribution < -0.4 is 10.6 Å². The van der Waals surface area contributed by atoms with Crippen LogP contribution in [0, 0.1) is 6.92 Å². The molecule has 102 valence electrons. The van der Waals surface area contributed by atoms with Crippen LogP contribution in [0.5, 0.6) is 0 Å². The van der Waals surface area contributed by atoms with Crippen molar-refractivity contribution >= 4 is 0 Å². The highest BCUT2D eigenvalue weighted by atomic mass is 15.1. The molecule has 18 heavy (non-hydrogen) atoms. The summed E-state index contributed by atoms with van der Waals surface area (Å²) in [6.07, 6.45) is 3.32. The third-order valence-electron chi connectivity index (χ3n) is 2.87. The molecule has 1 aromatic heterocycles. The third-order valence-corrected chi connectivity index (χ3v) is 2.87. The van der Waals surface area contributed by atoms with E-state index in [2.05, 4.69) is 40.7 Å². The lowest BCUT2D eigenvalue weighted by molar-refractivity contribution is 0.589.